The van der Waals surface area contributed by atoms with Crippen molar-refractivity contribution in [3.63, 3.8) is 0 Å². The Kier molecular flexibility index (Phi) is 4.01. The van der Waals surface area contributed by atoms with Gasteiger partial charge in [0.1, 0.15) is 0 Å². The zero-order valence-corrected chi connectivity index (χ0v) is 11.4. The number of hydrogen-bond acceptors (Lipinski definition) is 5. The monoisotopic (exact) mass is 277 g/mol. The molecule has 3 N–H and O–H groups in total. The molecule has 0 saturated heterocycles. The summed E-state index contributed by atoms with van der Waals surface area (Å²) in [6, 6.07) is 5.49. The van der Waals surface area contributed by atoms with Crippen molar-refractivity contribution in [1.82, 2.24) is 4.98 Å². The van der Waals surface area contributed by atoms with Crippen molar-refractivity contribution in [2.75, 3.05) is 24.2 Å². The number of carbonyl (C=O) groups is 1. The van der Waals surface area contributed by atoms with E-state index in [-0.39, 0.29) is 11.3 Å². The number of anilines is 2. The summed E-state index contributed by atoms with van der Waals surface area (Å²) in [7, 11) is 1.86. The summed E-state index contributed by atoms with van der Waals surface area (Å²) in [5, 5.41) is 11.1. The first-order chi connectivity index (χ1) is 9.09. The molecule has 5 nitrogen and oxygen atoms in total. The lowest BCUT2D eigenvalue weighted by molar-refractivity contribution is 0.0698. The van der Waals surface area contributed by atoms with E-state index in [2.05, 4.69) is 11.1 Å². The van der Waals surface area contributed by atoms with Crippen LogP contribution in [0.15, 0.2) is 29.8 Å². The zero-order chi connectivity index (χ0) is 13.8. The Morgan fingerprint density at radius 3 is 2.95 bits per heavy atom. The fourth-order valence-electron chi connectivity index (χ4n) is 1.79. The summed E-state index contributed by atoms with van der Waals surface area (Å²) in [5.74, 6) is -0.524. The van der Waals surface area contributed by atoms with Crippen LogP contribution in [0.5, 0.6) is 0 Å². The summed E-state index contributed by atoms with van der Waals surface area (Å²) >= 11 is 1.70. The van der Waals surface area contributed by atoms with Crippen molar-refractivity contribution in [1.29, 1.82) is 0 Å². The van der Waals surface area contributed by atoms with Crippen molar-refractivity contribution in [3.05, 3.63) is 40.2 Å². The van der Waals surface area contributed by atoms with E-state index in [0.29, 0.717) is 5.82 Å². The number of carboxylic acid groups (broad SMARTS) is 1. The summed E-state index contributed by atoms with van der Waals surface area (Å²) < 4.78 is 0. The Labute approximate surface area is 115 Å². The minimum atomic E-state index is -1.03. The molecule has 2 aromatic rings. The topological polar surface area (TPSA) is 79.5 Å². The van der Waals surface area contributed by atoms with Crippen LogP contribution in [0.4, 0.5) is 11.5 Å². The number of likely N-dealkylation sites (N-methyl/N-ethyl adjacent to an activating group) is 1. The summed E-state index contributed by atoms with van der Waals surface area (Å²) in [4.78, 5) is 18.3. The molecule has 0 saturated carbocycles. The van der Waals surface area contributed by atoms with Gasteiger partial charge in [-0.25, -0.2) is 9.78 Å². The van der Waals surface area contributed by atoms with Crippen LogP contribution in [0.25, 0.3) is 0 Å². The molecule has 100 valence electrons. The number of thiophene rings is 1. The molecule has 2 rings (SSSR count). The molecule has 0 radical (unpaired) electrons. The second kappa shape index (κ2) is 5.71. The molecule has 0 aliphatic rings. The number of nitrogen functional groups attached to an aromatic ring is 1. The molecule has 0 aliphatic heterocycles. The van der Waals surface area contributed by atoms with Gasteiger partial charge < -0.3 is 15.7 Å². The van der Waals surface area contributed by atoms with Crippen LogP contribution in [-0.4, -0.2) is 29.7 Å². The standard InChI is InChI=1S/C13H15N3O2S/c1-16(7-5-9-3-2-8-19-9)12-11(14)10(13(17)18)4-6-15-12/h2-4,6,8H,5,7,14H2,1H3,(H,17,18). The van der Waals surface area contributed by atoms with Crippen molar-refractivity contribution < 1.29 is 9.90 Å². The van der Waals surface area contributed by atoms with E-state index in [1.54, 1.807) is 11.3 Å². The molecule has 0 spiro atoms. The van der Waals surface area contributed by atoms with Gasteiger partial charge in [0.2, 0.25) is 0 Å². The highest BCUT2D eigenvalue weighted by atomic mass is 32.1. The predicted molar refractivity (Wildman–Crippen MR) is 76.9 cm³/mol. The lowest BCUT2D eigenvalue weighted by atomic mass is 10.2. The molecule has 2 heterocycles. The van der Waals surface area contributed by atoms with Crippen LogP contribution in [0, 0.1) is 0 Å². The van der Waals surface area contributed by atoms with Crippen LogP contribution < -0.4 is 10.6 Å². The fraction of sp³-hybridized carbons (Fsp3) is 0.231. The first kappa shape index (κ1) is 13.4. The van der Waals surface area contributed by atoms with E-state index in [1.807, 2.05) is 23.4 Å². The molecule has 2 aromatic heterocycles. The van der Waals surface area contributed by atoms with Gasteiger partial charge in [0.25, 0.3) is 0 Å². The Hall–Kier alpha value is -2.08. The number of hydrogen-bond donors (Lipinski definition) is 2. The average Bonchev–Trinajstić information content (AvgIpc) is 2.89. The van der Waals surface area contributed by atoms with Gasteiger partial charge >= 0.3 is 5.97 Å². The molecular weight excluding hydrogens is 262 g/mol. The molecule has 0 unspecified atom stereocenters. The highest BCUT2D eigenvalue weighted by molar-refractivity contribution is 7.09. The molecule has 0 atom stereocenters. The number of aromatic nitrogens is 1. The second-order valence-corrected chi connectivity index (χ2v) is 5.18. The van der Waals surface area contributed by atoms with Gasteiger partial charge in [-0.15, -0.1) is 11.3 Å². The highest BCUT2D eigenvalue weighted by Crippen LogP contribution is 2.23. The molecule has 0 amide bonds. The van der Waals surface area contributed by atoms with E-state index in [1.165, 1.54) is 17.1 Å². The van der Waals surface area contributed by atoms with Crippen LogP contribution >= 0.6 is 11.3 Å². The Balaban J connectivity index is 2.12. The fourth-order valence-corrected chi connectivity index (χ4v) is 2.49. The average molecular weight is 277 g/mol. The number of nitrogens with two attached hydrogens (primary N) is 1. The molecular formula is C13H15N3O2S. The maximum Gasteiger partial charge on any atom is 0.337 e. The van der Waals surface area contributed by atoms with Gasteiger partial charge in [-0.1, -0.05) is 6.07 Å². The lowest BCUT2D eigenvalue weighted by Crippen LogP contribution is -2.23. The quantitative estimate of drug-likeness (QED) is 0.875. The van der Waals surface area contributed by atoms with E-state index >= 15 is 0 Å². The first-order valence-electron chi connectivity index (χ1n) is 5.81. The minimum absolute atomic E-state index is 0.0907. The maximum atomic E-state index is 11.0. The SMILES string of the molecule is CN(CCc1cccs1)c1nccc(C(=O)O)c1N. The third kappa shape index (κ3) is 3.03. The number of nitrogens with zero attached hydrogens (tertiary/aromatic N) is 2. The second-order valence-electron chi connectivity index (χ2n) is 4.15. The third-order valence-corrected chi connectivity index (χ3v) is 3.77. The third-order valence-electron chi connectivity index (χ3n) is 2.83. The lowest BCUT2D eigenvalue weighted by Gasteiger charge is -2.20. The van der Waals surface area contributed by atoms with Crippen LogP contribution in [-0.2, 0) is 6.42 Å². The van der Waals surface area contributed by atoms with Gasteiger partial charge in [0.05, 0.1) is 11.3 Å². The number of pyridine rings is 1. The zero-order valence-electron chi connectivity index (χ0n) is 10.5. The van der Waals surface area contributed by atoms with Gasteiger partial charge in [0, 0.05) is 24.7 Å². The van der Waals surface area contributed by atoms with Gasteiger partial charge in [-0.05, 0) is 23.9 Å². The molecule has 0 aromatic carbocycles. The smallest absolute Gasteiger partial charge is 0.337 e. The molecule has 6 heteroatoms. The van der Waals surface area contributed by atoms with E-state index in [0.717, 1.165) is 13.0 Å². The number of rotatable bonds is 5. The normalized spacial score (nSPS) is 10.4. The van der Waals surface area contributed by atoms with Crippen molar-refractivity contribution in [2.45, 2.75) is 6.42 Å². The maximum absolute atomic E-state index is 11.0. The summed E-state index contributed by atoms with van der Waals surface area (Å²) in [6.45, 7) is 0.737. The van der Waals surface area contributed by atoms with Crippen LogP contribution in [0.3, 0.4) is 0 Å². The molecule has 0 fully saturated rings. The summed E-state index contributed by atoms with van der Waals surface area (Å²) in [6.07, 6.45) is 2.35. The molecule has 0 bridgehead atoms. The largest absolute Gasteiger partial charge is 0.478 e. The van der Waals surface area contributed by atoms with Crippen LogP contribution in [0.2, 0.25) is 0 Å². The van der Waals surface area contributed by atoms with Crippen LogP contribution in [0.1, 0.15) is 15.2 Å². The van der Waals surface area contributed by atoms with Gasteiger partial charge in [0.15, 0.2) is 5.82 Å². The highest BCUT2D eigenvalue weighted by Gasteiger charge is 2.15. The predicted octanol–water partition coefficient (Wildman–Crippen LogP) is 2.10. The molecule has 0 aliphatic carbocycles. The minimum Gasteiger partial charge on any atom is -0.478 e. The Morgan fingerprint density at radius 1 is 1.53 bits per heavy atom. The van der Waals surface area contributed by atoms with Gasteiger partial charge in [-0.2, -0.15) is 0 Å². The Bertz CT molecular complexity index is 569. The Morgan fingerprint density at radius 2 is 2.32 bits per heavy atom. The number of carboxylic acids is 1. The van der Waals surface area contributed by atoms with E-state index < -0.39 is 5.97 Å². The van der Waals surface area contributed by atoms with Crippen molar-refractivity contribution >= 4 is 28.8 Å². The first-order valence-corrected chi connectivity index (χ1v) is 6.69. The van der Waals surface area contributed by atoms with Crippen molar-refractivity contribution in [3.8, 4) is 0 Å². The number of aromatic carboxylic acids is 1. The van der Waals surface area contributed by atoms with E-state index in [4.69, 9.17) is 10.8 Å². The van der Waals surface area contributed by atoms with Gasteiger partial charge in [-0.3, -0.25) is 0 Å². The summed E-state index contributed by atoms with van der Waals surface area (Å²) in [5.41, 5.74) is 6.15. The van der Waals surface area contributed by atoms with Crippen molar-refractivity contribution in [2.24, 2.45) is 0 Å². The van der Waals surface area contributed by atoms with E-state index in [9.17, 15) is 4.79 Å². The molecule has 19 heavy (non-hydrogen) atoms.